The summed E-state index contributed by atoms with van der Waals surface area (Å²) in [5.74, 6) is -2.40. The number of tetrazole rings is 1. The van der Waals surface area contributed by atoms with Gasteiger partial charge in [-0.1, -0.05) is 24.3 Å². The van der Waals surface area contributed by atoms with Crippen LogP contribution >= 0.6 is 0 Å². The van der Waals surface area contributed by atoms with Crippen LogP contribution in [-0.4, -0.2) is 118 Å². The molecular formula is C47H60F3N9O8. The number of halogens is 3. The molecule has 4 amide bonds. The molecule has 1 heterocycles. The smallest absolute Gasteiger partial charge is 0.490 e. The molecule has 67 heavy (non-hydrogen) atoms. The Balaban J connectivity index is 0.00000111. The van der Waals surface area contributed by atoms with Crippen molar-refractivity contribution in [1.82, 2.24) is 41.5 Å². The number of carboxylic acids is 1. The highest BCUT2D eigenvalue weighted by atomic mass is 19.4. The second-order valence-corrected chi connectivity index (χ2v) is 18.0. The van der Waals surface area contributed by atoms with Crippen molar-refractivity contribution in [3.63, 3.8) is 0 Å². The summed E-state index contributed by atoms with van der Waals surface area (Å²) in [5, 5.41) is 33.3. The maximum atomic E-state index is 13.9. The molecule has 0 radical (unpaired) electrons. The predicted molar refractivity (Wildman–Crippen MR) is 243 cm³/mol. The van der Waals surface area contributed by atoms with E-state index in [9.17, 15) is 32.3 Å². The Morgan fingerprint density at radius 3 is 2.04 bits per heavy atom. The molecule has 2 aliphatic carbocycles. The van der Waals surface area contributed by atoms with Gasteiger partial charge in [0.25, 0.3) is 5.91 Å². The number of H-pyrrole nitrogens is 1. The fourth-order valence-corrected chi connectivity index (χ4v) is 8.02. The molecule has 1 atom stereocenters. The van der Waals surface area contributed by atoms with Gasteiger partial charge in [0.05, 0.1) is 7.11 Å². The molecule has 2 aliphatic rings. The van der Waals surface area contributed by atoms with Crippen LogP contribution in [0.2, 0.25) is 0 Å². The van der Waals surface area contributed by atoms with Gasteiger partial charge in [0.2, 0.25) is 17.6 Å². The lowest BCUT2D eigenvalue weighted by molar-refractivity contribution is -0.192. The highest BCUT2D eigenvalue weighted by Crippen LogP contribution is 2.33. The number of aliphatic carboxylic acids is 1. The van der Waals surface area contributed by atoms with E-state index >= 15 is 0 Å². The van der Waals surface area contributed by atoms with Crippen molar-refractivity contribution in [3.8, 4) is 28.3 Å². The number of carboxylic acid groups (broad SMARTS) is 1. The summed E-state index contributed by atoms with van der Waals surface area (Å²) in [7, 11) is 5.80. The number of aromatic nitrogens is 4. The third-order valence-electron chi connectivity index (χ3n) is 11.7. The van der Waals surface area contributed by atoms with Gasteiger partial charge in [-0.3, -0.25) is 14.4 Å². The molecule has 0 saturated heterocycles. The summed E-state index contributed by atoms with van der Waals surface area (Å²) in [5.41, 5.74) is 3.82. The number of aromatic amines is 1. The first-order valence-corrected chi connectivity index (χ1v) is 22.2. The average molecular weight is 936 g/mol. The Labute approximate surface area is 387 Å². The van der Waals surface area contributed by atoms with Gasteiger partial charge in [-0.15, -0.1) is 10.2 Å². The molecule has 4 aromatic rings. The van der Waals surface area contributed by atoms with E-state index in [2.05, 4.69) is 60.9 Å². The number of carbonyl (C=O) groups is 5. The minimum absolute atomic E-state index is 0.110. The first-order valence-electron chi connectivity index (χ1n) is 22.2. The Bertz CT molecular complexity index is 2270. The number of amides is 4. The van der Waals surface area contributed by atoms with Gasteiger partial charge in [-0.05, 0) is 151 Å². The summed E-state index contributed by atoms with van der Waals surface area (Å²) >= 11 is 0. The van der Waals surface area contributed by atoms with Crippen LogP contribution in [0.15, 0.2) is 66.7 Å². The highest BCUT2D eigenvalue weighted by molar-refractivity contribution is 5.98. The summed E-state index contributed by atoms with van der Waals surface area (Å²) in [4.78, 5) is 64.2. The van der Waals surface area contributed by atoms with Crippen molar-refractivity contribution in [2.24, 2.45) is 11.8 Å². The fraction of sp³-hybridized carbons (Fsp3) is 0.489. The lowest BCUT2D eigenvalue weighted by atomic mass is 9.81. The minimum atomic E-state index is -5.08. The van der Waals surface area contributed by atoms with E-state index in [4.69, 9.17) is 19.4 Å². The Hall–Kier alpha value is -6.57. The molecule has 3 aromatic carbocycles. The van der Waals surface area contributed by atoms with E-state index in [-0.39, 0.29) is 42.0 Å². The highest BCUT2D eigenvalue weighted by Gasteiger charge is 2.38. The SMILES string of the molecule is COc1cc(C(=O)NC2CCC(N(C)C)CC2)ccc1-c1ccc(C[C@H](NC(=O)C2CCC(CNC(=O)OC(C)(C)C)CC2)C(=O)Nc2ccc(-c3nn[nH]n3)cc2)cc1.O=C(O)C(F)(F)F. The summed E-state index contributed by atoms with van der Waals surface area (Å²) < 4.78 is 42.9. The summed E-state index contributed by atoms with van der Waals surface area (Å²) in [6.45, 7) is 5.96. The Morgan fingerprint density at radius 2 is 1.49 bits per heavy atom. The topological polar surface area (TPSA) is 230 Å². The van der Waals surface area contributed by atoms with Crippen LogP contribution in [0.3, 0.4) is 0 Å². The van der Waals surface area contributed by atoms with Gasteiger partial charge >= 0.3 is 18.2 Å². The van der Waals surface area contributed by atoms with E-state index < -0.39 is 29.9 Å². The first kappa shape index (κ1) is 51.4. The number of ether oxygens (including phenoxy) is 2. The number of alkyl carbamates (subject to hydrolysis) is 1. The van der Waals surface area contributed by atoms with Gasteiger partial charge in [0.15, 0.2) is 0 Å². The monoisotopic (exact) mass is 935 g/mol. The quantitative estimate of drug-likeness (QED) is 0.0769. The van der Waals surface area contributed by atoms with Crippen LogP contribution in [-0.2, 0) is 25.5 Å². The van der Waals surface area contributed by atoms with Crippen LogP contribution in [0, 0.1) is 11.8 Å². The normalized spacial score (nSPS) is 18.9. The zero-order chi connectivity index (χ0) is 48.9. The molecule has 0 unspecified atom stereocenters. The second kappa shape index (κ2) is 23.2. The molecule has 17 nitrogen and oxygen atoms in total. The number of carbonyl (C=O) groups excluding carboxylic acids is 4. The predicted octanol–water partition coefficient (Wildman–Crippen LogP) is 6.78. The second-order valence-electron chi connectivity index (χ2n) is 18.0. The Morgan fingerprint density at radius 1 is 0.866 bits per heavy atom. The van der Waals surface area contributed by atoms with Crippen molar-refractivity contribution in [2.45, 2.75) is 108 Å². The molecule has 6 N–H and O–H groups in total. The first-order chi connectivity index (χ1) is 31.7. The van der Waals surface area contributed by atoms with Crippen LogP contribution < -0.4 is 26.0 Å². The van der Waals surface area contributed by atoms with Gasteiger partial charge in [0, 0.05) is 53.3 Å². The van der Waals surface area contributed by atoms with E-state index in [1.54, 1.807) is 37.4 Å². The van der Waals surface area contributed by atoms with Crippen molar-refractivity contribution < 1.29 is 51.7 Å². The van der Waals surface area contributed by atoms with Crippen LogP contribution in [0.5, 0.6) is 5.75 Å². The average Bonchev–Trinajstić information content (AvgIpc) is 3.83. The number of benzene rings is 3. The standard InChI is InChI=1S/C45H59N9O6.C2HF3O2/c1-45(2,3)60-44(58)46-27-29-9-13-32(14-10-29)41(55)49-38(43(57)48-34-18-15-31(16-19-34)40-50-52-53-51-40)25-28-7-11-30(12-8-28)37-24-17-33(26-39(37)59-6)42(56)47-35-20-22-36(23-21-35)54(4)5;3-2(4,5)1(6)7/h7-8,11-12,15-19,24,26,29,32,35-36,38H,9-10,13-14,20-23,25,27H2,1-6H3,(H,46,58)(H,47,56)(H,48,57)(H,49,55)(H,50,51,52,53);(H,6,7)/t29?,32?,35?,36?,38-;/m0./s1. The minimum Gasteiger partial charge on any atom is -0.496 e. The molecule has 1 aromatic heterocycles. The number of nitrogens with zero attached hydrogens (tertiary/aromatic N) is 4. The maximum absolute atomic E-state index is 13.9. The molecular weight excluding hydrogens is 876 g/mol. The van der Waals surface area contributed by atoms with E-state index in [1.165, 1.54) is 0 Å². The Kier molecular flexibility index (Phi) is 17.8. The van der Waals surface area contributed by atoms with Gasteiger partial charge in [-0.25, -0.2) is 9.59 Å². The van der Waals surface area contributed by atoms with E-state index in [0.29, 0.717) is 48.3 Å². The number of rotatable bonds is 14. The van der Waals surface area contributed by atoms with Gasteiger partial charge < -0.3 is 40.7 Å². The van der Waals surface area contributed by atoms with Crippen molar-refractivity contribution in [1.29, 1.82) is 0 Å². The number of hydrogen-bond acceptors (Lipinski definition) is 11. The largest absolute Gasteiger partial charge is 0.496 e. The molecule has 0 spiro atoms. The molecule has 0 aliphatic heterocycles. The molecule has 362 valence electrons. The number of anilines is 1. The molecule has 20 heteroatoms. The summed E-state index contributed by atoms with van der Waals surface area (Å²) in [6, 6.07) is 20.2. The van der Waals surface area contributed by atoms with Crippen LogP contribution in [0.25, 0.3) is 22.5 Å². The zero-order valence-corrected chi connectivity index (χ0v) is 38.5. The fourth-order valence-electron chi connectivity index (χ4n) is 8.02. The lowest BCUT2D eigenvalue weighted by Gasteiger charge is -2.33. The number of hydrogen-bond donors (Lipinski definition) is 6. The third-order valence-corrected chi connectivity index (χ3v) is 11.7. The van der Waals surface area contributed by atoms with Gasteiger partial charge in [0.1, 0.15) is 17.4 Å². The molecule has 0 bridgehead atoms. The number of nitrogens with one attached hydrogen (secondary N) is 5. The van der Waals surface area contributed by atoms with Crippen LogP contribution in [0.1, 0.15) is 88.1 Å². The summed E-state index contributed by atoms with van der Waals surface area (Å²) in [6.07, 6.45) is 1.58. The van der Waals surface area contributed by atoms with Crippen molar-refractivity contribution >= 4 is 35.5 Å². The van der Waals surface area contributed by atoms with Crippen molar-refractivity contribution in [2.75, 3.05) is 33.1 Å². The maximum Gasteiger partial charge on any atom is 0.490 e. The third kappa shape index (κ3) is 15.8. The zero-order valence-electron chi connectivity index (χ0n) is 38.5. The number of methoxy groups -OCH3 is 1. The van der Waals surface area contributed by atoms with Crippen LogP contribution in [0.4, 0.5) is 23.7 Å². The van der Waals surface area contributed by atoms with Crippen molar-refractivity contribution in [3.05, 3.63) is 77.9 Å². The van der Waals surface area contributed by atoms with Gasteiger partial charge in [-0.2, -0.15) is 18.4 Å². The number of alkyl halides is 3. The van der Waals surface area contributed by atoms with E-state index in [0.717, 1.165) is 60.8 Å². The van der Waals surface area contributed by atoms with E-state index in [1.807, 2.05) is 57.2 Å². The lowest BCUT2D eigenvalue weighted by Crippen LogP contribution is -2.48. The molecule has 2 saturated carbocycles. The molecule has 6 rings (SSSR count). The molecule has 2 fully saturated rings.